The number of fused-ring (bicyclic) bond motifs is 1. The number of thiophene rings is 1. The van der Waals surface area contributed by atoms with Gasteiger partial charge in [0.15, 0.2) is 0 Å². The molecule has 1 aliphatic rings. The molecule has 2 N–H and O–H groups in total. The van der Waals surface area contributed by atoms with Crippen molar-refractivity contribution in [1.82, 2.24) is 4.90 Å². The van der Waals surface area contributed by atoms with Gasteiger partial charge in [-0.3, -0.25) is 4.90 Å². The lowest BCUT2D eigenvalue weighted by molar-refractivity contribution is 0.279. The van der Waals surface area contributed by atoms with Crippen LogP contribution in [0.1, 0.15) is 16.0 Å². The predicted molar refractivity (Wildman–Crippen MR) is 97.4 cm³/mol. The SMILES string of the molecule is Cl.Cl.Nc1cc2c(s1)CCN(Cc1ccccc1Cl)CC2. The van der Waals surface area contributed by atoms with Crippen LogP contribution in [-0.2, 0) is 19.4 Å². The van der Waals surface area contributed by atoms with Crippen molar-refractivity contribution in [1.29, 1.82) is 0 Å². The summed E-state index contributed by atoms with van der Waals surface area (Å²) in [6, 6.07) is 10.2. The predicted octanol–water partition coefficient (Wildman–Crippen LogP) is 4.43. The first-order valence-electron chi connectivity index (χ1n) is 6.55. The molecule has 0 amide bonds. The van der Waals surface area contributed by atoms with Crippen LogP contribution in [0.25, 0.3) is 0 Å². The van der Waals surface area contributed by atoms with Gasteiger partial charge in [0.25, 0.3) is 0 Å². The number of halogens is 3. The van der Waals surface area contributed by atoms with Crippen LogP contribution >= 0.6 is 47.8 Å². The van der Waals surface area contributed by atoms with Crippen LogP contribution in [-0.4, -0.2) is 18.0 Å². The van der Waals surface area contributed by atoms with E-state index in [-0.39, 0.29) is 24.8 Å². The number of anilines is 1. The summed E-state index contributed by atoms with van der Waals surface area (Å²) >= 11 is 7.97. The lowest BCUT2D eigenvalue weighted by Crippen LogP contribution is -2.26. The zero-order valence-electron chi connectivity index (χ0n) is 11.5. The van der Waals surface area contributed by atoms with Crippen LogP contribution in [0.3, 0.4) is 0 Å². The molecule has 0 fully saturated rings. The quantitative estimate of drug-likeness (QED) is 0.853. The van der Waals surface area contributed by atoms with Gasteiger partial charge >= 0.3 is 0 Å². The highest BCUT2D eigenvalue weighted by atomic mass is 35.5. The van der Waals surface area contributed by atoms with Crippen molar-refractivity contribution in [3.8, 4) is 0 Å². The first kappa shape index (κ1) is 18.6. The van der Waals surface area contributed by atoms with Crippen LogP contribution in [0, 0.1) is 0 Å². The smallest absolute Gasteiger partial charge is 0.0862 e. The Labute approximate surface area is 147 Å². The third-order valence-corrected chi connectivity index (χ3v) is 5.05. The second kappa shape index (κ2) is 8.25. The maximum atomic E-state index is 6.23. The first-order chi connectivity index (χ1) is 9.22. The maximum absolute atomic E-state index is 6.23. The Kier molecular flexibility index (Phi) is 7.31. The Morgan fingerprint density at radius 3 is 2.62 bits per heavy atom. The van der Waals surface area contributed by atoms with Gasteiger partial charge in [-0.25, -0.2) is 0 Å². The number of hydrogen-bond acceptors (Lipinski definition) is 3. The van der Waals surface area contributed by atoms with Crippen LogP contribution < -0.4 is 5.73 Å². The maximum Gasteiger partial charge on any atom is 0.0862 e. The molecule has 2 aromatic rings. The van der Waals surface area contributed by atoms with E-state index in [2.05, 4.69) is 23.1 Å². The Bertz CT molecular complexity index is 561. The molecule has 0 spiro atoms. The van der Waals surface area contributed by atoms with Gasteiger partial charge in [-0.05, 0) is 36.1 Å². The lowest BCUT2D eigenvalue weighted by Gasteiger charge is -2.20. The normalized spacial score (nSPS) is 14.5. The molecule has 116 valence electrons. The topological polar surface area (TPSA) is 29.3 Å². The van der Waals surface area contributed by atoms with E-state index in [0.29, 0.717) is 0 Å². The summed E-state index contributed by atoms with van der Waals surface area (Å²) in [5.41, 5.74) is 8.53. The monoisotopic (exact) mass is 364 g/mol. The number of nitrogens with two attached hydrogens (primary N) is 1. The van der Waals surface area contributed by atoms with E-state index >= 15 is 0 Å². The Hall–Kier alpha value is -0.450. The van der Waals surface area contributed by atoms with Gasteiger partial charge in [-0.2, -0.15) is 0 Å². The van der Waals surface area contributed by atoms with Crippen molar-refractivity contribution in [3.05, 3.63) is 51.4 Å². The number of rotatable bonds is 2. The molecule has 0 unspecified atom stereocenters. The molecular weight excluding hydrogens is 347 g/mol. The van der Waals surface area contributed by atoms with Crippen LogP contribution in [0.15, 0.2) is 30.3 Å². The Morgan fingerprint density at radius 2 is 1.86 bits per heavy atom. The number of hydrogen-bond donors (Lipinski definition) is 1. The Balaban J connectivity index is 0.00000110. The van der Waals surface area contributed by atoms with Gasteiger partial charge in [0.1, 0.15) is 0 Å². The van der Waals surface area contributed by atoms with E-state index in [1.807, 2.05) is 12.1 Å². The Morgan fingerprint density at radius 1 is 1.14 bits per heavy atom. The molecule has 1 aromatic heterocycles. The van der Waals surface area contributed by atoms with Crippen molar-refractivity contribution in [2.75, 3.05) is 18.8 Å². The fourth-order valence-electron chi connectivity index (χ4n) is 2.59. The van der Waals surface area contributed by atoms with Crippen LogP contribution in [0.5, 0.6) is 0 Å². The summed E-state index contributed by atoms with van der Waals surface area (Å²) in [4.78, 5) is 3.93. The second-order valence-electron chi connectivity index (χ2n) is 4.96. The van der Waals surface area contributed by atoms with Crippen molar-refractivity contribution in [2.45, 2.75) is 19.4 Å². The number of benzene rings is 1. The fraction of sp³-hybridized carbons (Fsp3) is 0.333. The summed E-state index contributed by atoms with van der Waals surface area (Å²) in [5, 5.41) is 1.82. The fourth-order valence-corrected chi connectivity index (χ4v) is 3.75. The van der Waals surface area contributed by atoms with Gasteiger partial charge < -0.3 is 5.73 Å². The van der Waals surface area contributed by atoms with Crippen LogP contribution in [0.2, 0.25) is 5.02 Å². The van der Waals surface area contributed by atoms with Crippen molar-refractivity contribution in [3.63, 3.8) is 0 Å². The van der Waals surface area contributed by atoms with E-state index in [0.717, 1.165) is 42.5 Å². The highest BCUT2D eigenvalue weighted by molar-refractivity contribution is 7.16. The van der Waals surface area contributed by atoms with Crippen LogP contribution in [0.4, 0.5) is 5.00 Å². The molecular formula is C15H19Cl3N2S. The summed E-state index contributed by atoms with van der Waals surface area (Å²) in [6.07, 6.45) is 2.19. The molecule has 0 saturated heterocycles. The zero-order chi connectivity index (χ0) is 13.2. The third kappa shape index (κ3) is 4.51. The highest BCUT2D eigenvalue weighted by Gasteiger charge is 2.16. The largest absolute Gasteiger partial charge is 0.391 e. The summed E-state index contributed by atoms with van der Waals surface area (Å²) in [5.74, 6) is 0. The molecule has 0 aliphatic carbocycles. The summed E-state index contributed by atoms with van der Waals surface area (Å²) < 4.78 is 0. The molecule has 6 heteroatoms. The molecule has 2 nitrogen and oxygen atoms in total. The second-order valence-corrected chi connectivity index (χ2v) is 6.54. The minimum Gasteiger partial charge on any atom is -0.391 e. The van der Waals surface area contributed by atoms with E-state index in [1.165, 1.54) is 16.0 Å². The first-order valence-corrected chi connectivity index (χ1v) is 7.74. The highest BCUT2D eigenvalue weighted by Crippen LogP contribution is 2.28. The van der Waals surface area contributed by atoms with Crippen molar-refractivity contribution >= 4 is 52.8 Å². The van der Waals surface area contributed by atoms with Gasteiger partial charge in [0.05, 0.1) is 5.00 Å². The summed E-state index contributed by atoms with van der Waals surface area (Å²) in [7, 11) is 0. The molecule has 21 heavy (non-hydrogen) atoms. The molecule has 0 atom stereocenters. The lowest BCUT2D eigenvalue weighted by atomic mass is 10.2. The van der Waals surface area contributed by atoms with Gasteiger partial charge in [-0.1, -0.05) is 29.8 Å². The standard InChI is InChI=1S/C15H17ClN2S.2ClH/c16-13-4-2-1-3-12(13)10-18-7-5-11-9-15(17)19-14(11)6-8-18;;/h1-4,9H,5-8,10,17H2;2*1H. The molecule has 3 rings (SSSR count). The molecule has 0 saturated carbocycles. The number of nitrogen functional groups attached to an aromatic ring is 1. The van der Waals surface area contributed by atoms with Crippen molar-refractivity contribution < 1.29 is 0 Å². The minimum absolute atomic E-state index is 0. The third-order valence-electron chi connectivity index (χ3n) is 3.62. The van der Waals surface area contributed by atoms with E-state index in [1.54, 1.807) is 11.3 Å². The number of nitrogens with zero attached hydrogens (tertiary/aromatic N) is 1. The molecule has 1 aliphatic heterocycles. The van der Waals surface area contributed by atoms with Gasteiger partial charge in [0, 0.05) is 29.5 Å². The molecule has 0 radical (unpaired) electrons. The van der Waals surface area contributed by atoms with E-state index < -0.39 is 0 Å². The average Bonchev–Trinajstić information content (AvgIpc) is 2.66. The van der Waals surface area contributed by atoms with Gasteiger partial charge in [0.2, 0.25) is 0 Å². The van der Waals surface area contributed by atoms with E-state index in [9.17, 15) is 0 Å². The zero-order valence-corrected chi connectivity index (χ0v) is 14.8. The average molecular weight is 366 g/mol. The molecule has 0 bridgehead atoms. The molecule has 1 aromatic carbocycles. The minimum atomic E-state index is 0. The molecule has 2 heterocycles. The van der Waals surface area contributed by atoms with Crippen molar-refractivity contribution in [2.24, 2.45) is 0 Å². The van der Waals surface area contributed by atoms with Gasteiger partial charge in [-0.15, -0.1) is 36.2 Å². The van der Waals surface area contributed by atoms with E-state index in [4.69, 9.17) is 17.3 Å². The summed E-state index contributed by atoms with van der Waals surface area (Å²) in [6.45, 7) is 3.09.